The number of aromatic nitrogens is 2. The molecule has 1 unspecified atom stereocenters. The molecule has 0 amide bonds. The maximum Gasteiger partial charge on any atom is 0.275 e. The highest BCUT2D eigenvalue weighted by Crippen LogP contribution is 2.22. The van der Waals surface area contributed by atoms with Crippen molar-refractivity contribution >= 4 is 21.7 Å². The predicted octanol–water partition coefficient (Wildman–Crippen LogP) is 1.73. The summed E-state index contributed by atoms with van der Waals surface area (Å²) >= 11 is 0. The molecule has 2 heterocycles. The van der Waals surface area contributed by atoms with Crippen LogP contribution in [0.15, 0.2) is 34.1 Å². The summed E-state index contributed by atoms with van der Waals surface area (Å²) < 4.78 is 37.6. The highest BCUT2D eigenvalue weighted by atomic mass is 32.2. The monoisotopic (exact) mass is 337 g/mol. The first-order valence-corrected chi connectivity index (χ1v) is 8.99. The Balaban J connectivity index is 1.91. The van der Waals surface area contributed by atoms with Crippen molar-refractivity contribution in [3.05, 3.63) is 51.7 Å². The van der Waals surface area contributed by atoms with Gasteiger partial charge < -0.3 is 0 Å². The lowest BCUT2D eigenvalue weighted by Gasteiger charge is -2.07. The van der Waals surface area contributed by atoms with Crippen LogP contribution in [-0.4, -0.2) is 35.9 Å². The van der Waals surface area contributed by atoms with Crippen LogP contribution in [0.1, 0.15) is 23.7 Å². The fraction of sp³-hybridized carbons (Fsp3) is 0.333. The third kappa shape index (κ3) is 3.26. The van der Waals surface area contributed by atoms with E-state index < -0.39 is 15.7 Å². The highest BCUT2D eigenvalue weighted by Gasteiger charge is 2.31. The third-order valence-electron chi connectivity index (χ3n) is 3.87. The first kappa shape index (κ1) is 15.7. The molecule has 122 valence electrons. The van der Waals surface area contributed by atoms with E-state index in [4.69, 9.17) is 0 Å². The van der Waals surface area contributed by atoms with Gasteiger partial charge in [0, 0.05) is 11.9 Å². The first-order valence-electron chi connectivity index (χ1n) is 7.17. The van der Waals surface area contributed by atoms with Crippen LogP contribution in [0.4, 0.5) is 10.1 Å². The van der Waals surface area contributed by atoms with Gasteiger partial charge in [-0.2, -0.15) is 0 Å². The number of nitrogens with zero attached hydrogens (tertiary/aromatic N) is 2. The van der Waals surface area contributed by atoms with Crippen LogP contribution < -0.4 is 5.56 Å². The van der Waals surface area contributed by atoms with Gasteiger partial charge in [0.2, 0.25) is 0 Å². The zero-order valence-electron chi connectivity index (χ0n) is 12.5. The van der Waals surface area contributed by atoms with Crippen molar-refractivity contribution in [2.45, 2.75) is 19.4 Å². The molecule has 8 heteroatoms. The normalized spacial score (nSPS) is 20.3. The number of hydrogen-bond acceptors (Lipinski definition) is 4. The van der Waals surface area contributed by atoms with Gasteiger partial charge in [-0.1, -0.05) is 6.07 Å². The van der Waals surface area contributed by atoms with Crippen LogP contribution in [0.2, 0.25) is 0 Å². The summed E-state index contributed by atoms with van der Waals surface area (Å²) in [6.45, 7) is 1.72. The Labute approximate surface area is 132 Å². The fourth-order valence-corrected chi connectivity index (χ4v) is 4.37. The van der Waals surface area contributed by atoms with Gasteiger partial charge in [0.25, 0.3) is 5.56 Å². The maximum atomic E-state index is 13.1. The van der Waals surface area contributed by atoms with Gasteiger partial charge in [-0.25, -0.2) is 17.5 Å². The van der Waals surface area contributed by atoms with Crippen molar-refractivity contribution in [3.63, 3.8) is 0 Å². The predicted molar refractivity (Wildman–Crippen MR) is 85.8 cm³/mol. The number of nitrogens with one attached hydrogen (secondary N) is 1. The lowest BCUT2D eigenvalue weighted by molar-refractivity contribution is 0.483. The van der Waals surface area contributed by atoms with Crippen LogP contribution >= 0.6 is 0 Å². The lowest BCUT2D eigenvalue weighted by Crippen LogP contribution is -2.25. The standard InChI is InChI=1S/C15H16FN3O3S/c1-10-14(8-17-12-4-2-3-11(16)7-12)15(20)19(18-10)13-5-6-23(21,22)9-13/h2-4,7-8,13,18H,5-6,9H2,1H3. The lowest BCUT2D eigenvalue weighted by atomic mass is 10.2. The second-order valence-corrected chi connectivity index (χ2v) is 7.85. The Morgan fingerprint density at radius 3 is 2.87 bits per heavy atom. The van der Waals surface area contributed by atoms with Crippen molar-refractivity contribution < 1.29 is 12.8 Å². The van der Waals surface area contributed by atoms with Gasteiger partial charge in [0.05, 0.1) is 28.8 Å². The van der Waals surface area contributed by atoms with E-state index in [1.807, 2.05) is 0 Å². The molecule has 3 rings (SSSR count). The van der Waals surface area contributed by atoms with Crippen molar-refractivity contribution in [3.8, 4) is 0 Å². The average Bonchev–Trinajstić information content (AvgIpc) is 2.97. The van der Waals surface area contributed by atoms with Gasteiger partial charge in [-0.3, -0.25) is 14.9 Å². The molecular weight excluding hydrogens is 321 g/mol. The topological polar surface area (TPSA) is 84.3 Å². The summed E-state index contributed by atoms with van der Waals surface area (Å²) in [5, 5.41) is 2.91. The number of aliphatic imine (C=N–C) groups is 1. The summed E-state index contributed by atoms with van der Waals surface area (Å²) in [7, 11) is -3.08. The van der Waals surface area contributed by atoms with E-state index in [0.29, 0.717) is 23.4 Å². The minimum absolute atomic E-state index is 0.0344. The molecule has 1 saturated heterocycles. The van der Waals surface area contributed by atoms with Gasteiger partial charge in [-0.15, -0.1) is 0 Å². The number of aromatic amines is 1. The SMILES string of the molecule is Cc1[nH]n(C2CCS(=O)(=O)C2)c(=O)c1C=Nc1cccc(F)c1. The summed E-state index contributed by atoms with van der Waals surface area (Å²) in [4.78, 5) is 16.6. The second kappa shape index (κ2) is 5.77. The Morgan fingerprint density at radius 1 is 1.43 bits per heavy atom. The number of H-pyrrole nitrogens is 1. The molecular formula is C15H16FN3O3S. The molecule has 2 aromatic rings. The van der Waals surface area contributed by atoms with Gasteiger partial charge >= 0.3 is 0 Å². The minimum Gasteiger partial charge on any atom is -0.299 e. The van der Waals surface area contributed by atoms with E-state index in [1.54, 1.807) is 13.0 Å². The van der Waals surface area contributed by atoms with E-state index in [-0.39, 0.29) is 23.1 Å². The van der Waals surface area contributed by atoms with Crippen LogP contribution in [0, 0.1) is 12.7 Å². The molecule has 0 spiro atoms. The minimum atomic E-state index is -3.08. The zero-order chi connectivity index (χ0) is 16.6. The number of benzene rings is 1. The molecule has 0 aliphatic carbocycles. The molecule has 1 atom stereocenters. The zero-order valence-corrected chi connectivity index (χ0v) is 13.3. The molecule has 1 aliphatic heterocycles. The van der Waals surface area contributed by atoms with E-state index in [2.05, 4.69) is 10.1 Å². The highest BCUT2D eigenvalue weighted by molar-refractivity contribution is 7.91. The molecule has 1 aliphatic rings. The van der Waals surface area contributed by atoms with E-state index in [0.717, 1.165) is 0 Å². The molecule has 1 fully saturated rings. The van der Waals surface area contributed by atoms with Crippen molar-refractivity contribution in [2.24, 2.45) is 4.99 Å². The van der Waals surface area contributed by atoms with Crippen molar-refractivity contribution in [1.29, 1.82) is 0 Å². The van der Waals surface area contributed by atoms with Gasteiger partial charge in [-0.05, 0) is 31.5 Å². The molecule has 1 N–H and O–H groups in total. The number of hydrogen-bond donors (Lipinski definition) is 1. The summed E-state index contributed by atoms with van der Waals surface area (Å²) in [6, 6.07) is 5.37. The molecule has 0 saturated carbocycles. The van der Waals surface area contributed by atoms with Crippen molar-refractivity contribution in [1.82, 2.24) is 9.78 Å². The van der Waals surface area contributed by atoms with Crippen LogP contribution in [0.3, 0.4) is 0 Å². The molecule has 0 bridgehead atoms. The van der Waals surface area contributed by atoms with E-state index in [9.17, 15) is 17.6 Å². The van der Waals surface area contributed by atoms with Crippen molar-refractivity contribution in [2.75, 3.05) is 11.5 Å². The number of aryl methyl sites for hydroxylation is 1. The molecule has 1 aromatic carbocycles. The molecule has 6 nitrogen and oxygen atoms in total. The van der Waals surface area contributed by atoms with Gasteiger partial charge in [0.15, 0.2) is 9.84 Å². The average molecular weight is 337 g/mol. The molecule has 1 aromatic heterocycles. The molecule has 0 radical (unpaired) electrons. The smallest absolute Gasteiger partial charge is 0.275 e. The largest absolute Gasteiger partial charge is 0.299 e. The fourth-order valence-electron chi connectivity index (χ4n) is 2.67. The second-order valence-electron chi connectivity index (χ2n) is 5.62. The maximum absolute atomic E-state index is 13.1. The molecule has 23 heavy (non-hydrogen) atoms. The van der Waals surface area contributed by atoms with Gasteiger partial charge in [0.1, 0.15) is 5.82 Å². The van der Waals surface area contributed by atoms with Crippen LogP contribution in [0.25, 0.3) is 0 Å². The van der Waals surface area contributed by atoms with E-state index in [1.165, 1.54) is 29.1 Å². The third-order valence-corrected chi connectivity index (χ3v) is 5.62. The number of sulfone groups is 1. The summed E-state index contributed by atoms with van der Waals surface area (Å²) in [5.74, 6) is -0.346. The quantitative estimate of drug-likeness (QED) is 0.866. The Morgan fingerprint density at radius 2 is 2.22 bits per heavy atom. The summed E-state index contributed by atoms with van der Waals surface area (Å²) in [6.07, 6.45) is 1.80. The first-order chi connectivity index (χ1) is 10.9. The Hall–Kier alpha value is -2.22. The van der Waals surface area contributed by atoms with Crippen LogP contribution in [0.5, 0.6) is 0 Å². The number of halogens is 1. The summed E-state index contributed by atoms with van der Waals surface area (Å²) in [5.41, 5.74) is 1.03. The number of rotatable bonds is 3. The Kier molecular flexibility index (Phi) is 3.93. The van der Waals surface area contributed by atoms with E-state index >= 15 is 0 Å². The Bertz CT molecular complexity index is 928. The van der Waals surface area contributed by atoms with Crippen LogP contribution in [-0.2, 0) is 9.84 Å².